The average Bonchev–Trinajstić information content (AvgIpc) is 2.51. The van der Waals surface area contributed by atoms with Gasteiger partial charge >= 0.3 is 6.09 Å². The average molecular weight is 342 g/mol. The molecule has 2 bridgehead atoms. The van der Waals surface area contributed by atoms with Crippen molar-refractivity contribution in [1.82, 2.24) is 4.90 Å². The second-order valence-electron chi connectivity index (χ2n) is 7.74. The first-order valence-electron chi connectivity index (χ1n) is 8.70. The predicted molar refractivity (Wildman–Crippen MR) is 93.2 cm³/mol. The monoisotopic (exact) mass is 342 g/mol. The second kappa shape index (κ2) is 6.51. The molecule has 2 unspecified atom stereocenters. The number of amides is 1. The minimum absolute atomic E-state index is 0.0175. The number of benzene rings is 1. The molecule has 1 aromatic rings. The summed E-state index contributed by atoms with van der Waals surface area (Å²) >= 11 is 0. The lowest BCUT2D eigenvalue weighted by Crippen LogP contribution is -2.53. The molecular weight excluding hydrogens is 319 g/mol. The number of hydrogen-bond donors (Lipinski definition) is 0. The second-order valence-corrected chi connectivity index (χ2v) is 7.74. The summed E-state index contributed by atoms with van der Waals surface area (Å²) in [6.45, 7) is 5.60. The molecule has 2 aliphatic rings. The van der Waals surface area contributed by atoms with Crippen LogP contribution in [0.5, 0.6) is 0 Å². The number of nitrogens with zero attached hydrogens (tertiary/aromatic N) is 2. The molecule has 0 aromatic heterocycles. The van der Waals surface area contributed by atoms with Crippen molar-refractivity contribution >= 4 is 11.7 Å². The van der Waals surface area contributed by atoms with Gasteiger partial charge < -0.3 is 4.74 Å². The van der Waals surface area contributed by atoms with E-state index in [4.69, 9.17) is 10.00 Å². The van der Waals surface area contributed by atoms with Gasteiger partial charge in [0.2, 0.25) is 0 Å². The highest BCUT2D eigenvalue weighted by atomic mass is 19.1. The molecule has 2 aliphatic heterocycles. The number of ether oxygens (including phenoxy) is 1. The highest BCUT2D eigenvalue weighted by molar-refractivity contribution is 5.75. The zero-order valence-electron chi connectivity index (χ0n) is 14.9. The summed E-state index contributed by atoms with van der Waals surface area (Å²) in [5.74, 6) is -0.499. The fourth-order valence-electron chi connectivity index (χ4n) is 3.65. The Kier molecular flexibility index (Phi) is 4.55. The summed E-state index contributed by atoms with van der Waals surface area (Å²) in [7, 11) is 0. The van der Waals surface area contributed by atoms with E-state index in [0.29, 0.717) is 6.42 Å². The lowest BCUT2D eigenvalue weighted by Gasteiger charge is -2.45. The van der Waals surface area contributed by atoms with Gasteiger partial charge in [-0.05, 0) is 69.7 Å². The molecule has 0 spiro atoms. The number of piperidine rings is 1. The molecule has 4 nitrogen and oxygen atoms in total. The van der Waals surface area contributed by atoms with Crippen molar-refractivity contribution in [3.05, 3.63) is 41.2 Å². The molecule has 1 aromatic carbocycles. The Bertz CT molecular complexity index is 758. The molecule has 1 amide bonds. The van der Waals surface area contributed by atoms with E-state index in [1.165, 1.54) is 12.1 Å². The Labute approximate surface area is 147 Å². The van der Waals surface area contributed by atoms with E-state index in [9.17, 15) is 9.18 Å². The van der Waals surface area contributed by atoms with Gasteiger partial charge in [0.25, 0.3) is 0 Å². The predicted octanol–water partition coefficient (Wildman–Crippen LogP) is 4.64. The van der Waals surface area contributed by atoms with Gasteiger partial charge in [0.15, 0.2) is 0 Å². The van der Waals surface area contributed by atoms with E-state index in [1.54, 1.807) is 6.07 Å². The van der Waals surface area contributed by atoms with Crippen LogP contribution in [0.4, 0.5) is 9.18 Å². The van der Waals surface area contributed by atoms with Crippen molar-refractivity contribution in [2.75, 3.05) is 0 Å². The number of fused-ring (bicyclic) bond motifs is 2. The summed E-state index contributed by atoms with van der Waals surface area (Å²) in [4.78, 5) is 14.4. The van der Waals surface area contributed by atoms with Crippen molar-refractivity contribution in [1.29, 1.82) is 5.26 Å². The number of nitriles is 1. The normalized spacial score (nSPS) is 22.8. The summed E-state index contributed by atoms with van der Waals surface area (Å²) in [6.07, 6.45) is 5.34. The highest BCUT2D eigenvalue weighted by Gasteiger charge is 2.39. The fraction of sp³-hybridized carbons (Fsp3) is 0.500. The van der Waals surface area contributed by atoms with E-state index in [1.807, 2.05) is 31.7 Å². The molecular formula is C20H23FN2O2. The number of carbonyl (C=O) groups excluding carboxylic acids is 1. The van der Waals surface area contributed by atoms with Gasteiger partial charge in [0.1, 0.15) is 17.5 Å². The number of carbonyl (C=O) groups is 1. The maximum absolute atomic E-state index is 14.0. The van der Waals surface area contributed by atoms with Gasteiger partial charge in [-0.15, -0.1) is 0 Å². The van der Waals surface area contributed by atoms with Crippen LogP contribution in [0.1, 0.15) is 57.6 Å². The summed E-state index contributed by atoms with van der Waals surface area (Å²) in [5.41, 5.74) is 1.36. The van der Waals surface area contributed by atoms with Crippen LogP contribution in [-0.4, -0.2) is 28.7 Å². The van der Waals surface area contributed by atoms with E-state index >= 15 is 0 Å². The van der Waals surface area contributed by atoms with Crippen molar-refractivity contribution in [3.63, 3.8) is 0 Å². The molecule has 2 atom stereocenters. The summed E-state index contributed by atoms with van der Waals surface area (Å²) < 4.78 is 19.5. The van der Waals surface area contributed by atoms with Crippen LogP contribution in [0.2, 0.25) is 0 Å². The first-order chi connectivity index (χ1) is 11.8. The zero-order valence-corrected chi connectivity index (χ0v) is 14.9. The lowest BCUT2D eigenvalue weighted by molar-refractivity contribution is 0.0000823. The SMILES string of the molecule is CC(C)(C)OC(=O)N1C2C=C(c3ccc(C#N)c(F)c3)CC1CCC2. The van der Waals surface area contributed by atoms with Crippen LogP contribution >= 0.6 is 0 Å². The van der Waals surface area contributed by atoms with Gasteiger partial charge in [0.05, 0.1) is 11.6 Å². The van der Waals surface area contributed by atoms with Crippen molar-refractivity contribution in [2.45, 2.75) is 64.1 Å². The molecule has 132 valence electrons. The Morgan fingerprint density at radius 1 is 1.36 bits per heavy atom. The Balaban J connectivity index is 1.88. The maximum atomic E-state index is 14.0. The minimum Gasteiger partial charge on any atom is -0.444 e. The molecule has 1 fully saturated rings. The van der Waals surface area contributed by atoms with Crippen LogP contribution in [0.3, 0.4) is 0 Å². The smallest absolute Gasteiger partial charge is 0.411 e. The quantitative estimate of drug-likeness (QED) is 0.747. The van der Waals surface area contributed by atoms with Crippen LogP contribution in [0.15, 0.2) is 24.3 Å². The highest BCUT2D eigenvalue weighted by Crippen LogP contribution is 2.38. The fourth-order valence-corrected chi connectivity index (χ4v) is 3.65. The number of hydrogen-bond acceptors (Lipinski definition) is 3. The topological polar surface area (TPSA) is 53.3 Å². The Morgan fingerprint density at radius 2 is 2.12 bits per heavy atom. The van der Waals surface area contributed by atoms with Gasteiger partial charge in [-0.2, -0.15) is 5.26 Å². The van der Waals surface area contributed by atoms with E-state index in [0.717, 1.165) is 30.4 Å². The number of halogens is 1. The van der Waals surface area contributed by atoms with Crippen molar-refractivity contribution in [3.8, 4) is 6.07 Å². The minimum atomic E-state index is -0.522. The standard InChI is InChI=1S/C20H23FN2O2/c1-20(2,3)25-19(24)23-16-5-4-6-17(23)10-15(9-16)13-7-8-14(12-22)18(21)11-13/h7-9,11,16-17H,4-6,10H2,1-3H3. The molecule has 2 heterocycles. The molecule has 0 N–H and O–H groups in total. The summed E-state index contributed by atoms with van der Waals surface area (Å²) in [6, 6.07) is 6.62. The van der Waals surface area contributed by atoms with Gasteiger partial charge in [-0.25, -0.2) is 9.18 Å². The Hall–Kier alpha value is -2.35. The first kappa shape index (κ1) is 17.5. The van der Waals surface area contributed by atoms with Gasteiger partial charge in [-0.1, -0.05) is 12.1 Å². The molecule has 0 saturated carbocycles. The molecule has 25 heavy (non-hydrogen) atoms. The lowest BCUT2D eigenvalue weighted by atomic mass is 9.83. The third-order valence-electron chi connectivity index (χ3n) is 4.70. The zero-order chi connectivity index (χ0) is 18.2. The van der Waals surface area contributed by atoms with E-state index in [2.05, 4.69) is 6.08 Å². The maximum Gasteiger partial charge on any atom is 0.411 e. The van der Waals surface area contributed by atoms with Crippen LogP contribution in [0, 0.1) is 17.1 Å². The molecule has 0 aliphatic carbocycles. The summed E-state index contributed by atoms with van der Waals surface area (Å²) in [5, 5.41) is 8.88. The van der Waals surface area contributed by atoms with Gasteiger partial charge in [-0.3, -0.25) is 4.90 Å². The van der Waals surface area contributed by atoms with Gasteiger partial charge in [0, 0.05) is 6.04 Å². The third-order valence-corrected chi connectivity index (χ3v) is 4.70. The largest absolute Gasteiger partial charge is 0.444 e. The van der Waals surface area contributed by atoms with Crippen LogP contribution in [-0.2, 0) is 4.74 Å². The van der Waals surface area contributed by atoms with E-state index in [-0.39, 0.29) is 23.7 Å². The van der Waals surface area contributed by atoms with E-state index < -0.39 is 11.4 Å². The molecule has 1 saturated heterocycles. The van der Waals surface area contributed by atoms with Crippen LogP contribution in [0.25, 0.3) is 5.57 Å². The number of rotatable bonds is 1. The molecule has 3 rings (SSSR count). The third kappa shape index (κ3) is 3.68. The first-order valence-corrected chi connectivity index (χ1v) is 8.70. The van der Waals surface area contributed by atoms with Crippen molar-refractivity contribution in [2.24, 2.45) is 0 Å². The van der Waals surface area contributed by atoms with Crippen LogP contribution < -0.4 is 0 Å². The van der Waals surface area contributed by atoms with Crippen molar-refractivity contribution < 1.29 is 13.9 Å². The molecule has 0 radical (unpaired) electrons. The Morgan fingerprint density at radius 3 is 2.72 bits per heavy atom. The molecule has 5 heteroatoms.